The van der Waals surface area contributed by atoms with E-state index < -0.39 is 0 Å². The quantitative estimate of drug-likeness (QED) is 0.564. The van der Waals surface area contributed by atoms with Crippen LogP contribution >= 0.6 is 11.6 Å². The van der Waals surface area contributed by atoms with Gasteiger partial charge in [-0.05, 0) is 17.7 Å². The summed E-state index contributed by atoms with van der Waals surface area (Å²) in [5.41, 5.74) is 1.03. The minimum absolute atomic E-state index is 0.102. The Kier molecular flexibility index (Phi) is 4.88. The van der Waals surface area contributed by atoms with Crippen LogP contribution in [0.4, 0.5) is 0 Å². The summed E-state index contributed by atoms with van der Waals surface area (Å²) in [6.45, 7) is 10.1. The first-order valence-electron chi connectivity index (χ1n) is 6.22. The van der Waals surface area contributed by atoms with Gasteiger partial charge in [0.2, 0.25) is 6.79 Å². The normalized spacial score (nSPS) is 14.4. The topological polar surface area (TPSA) is 21.7 Å². The van der Waals surface area contributed by atoms with Crippen LogP contribution in [-0.4, -0.2) is 31.3 Å². The van der Waals surface area contributed by atoms with Gasteiger partial charge in [0.05, 0.1) is 5.38 Å². The van der Waals surface area contributed by atoms with Crippen LogP contribution in [0.3, 0.4) is 0 Å². The van der Waals surface area contributed by atoms with Crippen molar-refractivity contribution in [1.29, 1.82) is 0 Å². The second kappa shape index (κ2) is 6.64. The molecule has 0 N–H and O–H groups in total. The largest absolute Gasteiger partial charge is 0.454 e. The maximum absolute atomic E-state index is 6.47. The fraction of sp³-hybridized carbons (Fsp3) is 0.333. The van der Waals surface area contributed by atoms with Gasteiger partial charge in [0.25, 0.3) is 0 Å². The van der Waals surface area contributed by atoms with Crippen molar-refractivity contribution in [3.63, 3.8) is 0 Å². The number of benzene rings is 1. The SMILES string of the molecule is C=CCN(CC=C)CC(Cl)c1ccc2c(c1)OCO2. The van der Waals surface area contributed by atoms with Crippen LogP contribution in [0.25, 0.3) is 0 Å². The molecule has 4 heteroatoms. The van der Waals surface area contributed by atoms with Gasteiger partial charge in [0.1, 0.15) is 0 Å². The van der Waals surface area contributed by atoms with Crippen LogP contribution < -0.4 is 9.47 Å². The molecule has 1 unspecified atom stereocenters. The van der Waals surface area contributed by atoms with E-state index in [1.54, 1.807) is 0 Å². The van der Waals surface area contributed by atoms with Crippen LogP contribution in [-0.2, 0) is 0 Å². The summed E-state index contributed by atoms with van der Waals surface area (Å²) >= 11 is 6.47. The second-order valence-corrected chi connectivity index (χ2v) is 4.90. The van der Waals surface area contributed by atoms with Gasteiger partial charge in [-0.25, -0.2) is 0 Å². The van der Waals surface area contributed by atoms with Crippen molar-refractivity contribution < 1.29 is 9.47 Å². The minimum atomic E-state index is -0.102. The van der Waals surface area contributed by atoms with Crippen LogP contribution in [0.1, 0.15) is 10.9 Å². The van der Waals surface area contributed by atoms with E-state index in [0.717, 1.165) is 36.7 Å². The highest BCUT2D eigenvalue weighted by molar-refractivity contribution is 6.21. The first-order chi connectivity index (χ1) is 9.24. The molecule has 1 heterocycles. The zero-order valence-electron chi connectivity index (χ0n) is 10.8. The average molecular weight is 280 g/mol. The number of fused-ring (bicyclic) bond motifs is 1. The Balaban J connectivity index is 2.03. The van der Waals surface area contributed by atoms with Gasteiger partial charge in [-0.3, -0.25) is 4.90 Å². The first kappa shape index (κ1) is 14.0. The van der Waals surface area contributed by atoms with Gasteiger partial charge in [-0.2, -0.15) is 0 Å². The molecule has 0 bridgehead atoms. The monoisotopic (exact) mass is 279 g/mol. The summed E-state index contributed by atoms with van der Waals surface area (Å²) in [7, 11) is 0. The van der Waals surface area contributed by atoms with E-state index in [0.29, 0.717) is 0 Å². The van der Waals surface area contributed by atoms with E-state index >= 15 is 0 Å². The lowest BCUT2D eigenvalue weighted by Crippen LogP contribution is -2.27. The third-order valence-corrected chi connectivity index (χ3v) is 3.34. The van der Waals surface area contributed by atoms with Gasteiger partial charge in [-0.1, -0.05) is 18.2 Å². The lowest BCUT2D eigenvalue weighted by molar-refractivity contribution is 0.174. The molecule has 1 aliphatic rings. The highest BCUT2D eigenvalue weighted by Crippen LogP contribution is 2.35. The van der Waals surface area contributed by atoms with Crippen molar-refractivity contribution in [3.8, 4) is 11.5 Å². The van der Waals surface area contributed by atoms with Gasteiger partial charge < -0.3 is 9.47 Å². The molecule has 1 aliphatic heterocycles. The van der Waals surface area contributed by atoms with E-state index in [2.05, 4.69) is 18.1 Å². The summed E-state index contributed by atoms with van der Waals surface area (Å²) in [6.07, 6.45) is 3.74. The van der Waals surface area contributed by atoms with Crippen LogP contribution in [0.2, 0.25) is 0 Å². The van der Waals surface area contributed by atoms with Crippen molar-refractivity contribution in [1.82, 2.24) is 4.90 Å². The fourth-order valence-corrected chi connectivity index (χ4v) is 2.36. The Bertz CT molecular complexity index is 451. The molecule has 0 fully saturated rings. The maximum Gasteiger partial charge on any atom is 0.231 e. The molecule has 0 amide bonds. The van der Waals surface area contributed by atoms with E-state index in [4.69, 9.17) is 21.1 Å². The number of ether oxygens (including phenoxy) is 2. The molecular formula is C15H18ClNO2. The minimum Gasteiger partial charge on any atom is -0.454 e. The molecule has 0 aromatic heterocycles. The van der Waals surface area contributed by atoms with Gasteiger partial charge >= 0.3 is 0 Å². The highest BCUT2D eigenvalue weighted by Gasteiger charge is 2.18. The molecule has 0 spiro atoms. The highest BCUT2D eigenvalue weighted by atomic mass is 35.5. The Labute approximate surface area is 119 Å². The second-order valence-electron chi connectivity index (χ2n) is 4.38. The Morgan fingerprint density at radius 1 is 1.21 bits per heavy atom. The van der Waals surface area contributed by atoms with Crippen LogP contribution in [0.15, 0.2) is 43.5 Å². The van der Waals surface area contributed by atoms with Crippen molar-refractivity contribution in [3.05, 3.63) is 49.1 Å². The van der Waals surface area contributed by atoms with E-state index in [1.807, 2.05) is 30.4 Å². The third-order valence-electron chi connectivity index (χ3n) is 2.95. The Hall–Kier alpha value is -1.45. The molecular weight excluding hydrogens is 262 g/mol. The number of halogens is 1. The summed E-state index contributed by atoms with van der Waals surface area (Å²) in [5.74, 6) is 1.55. The predicted molar refractivity (Wildman–Crippen MR) is 78.0 cm³/mol. The summed E-state index contributed by atoms with van der Waals surface area (Å²) < 4.78 is 10.7. The zero-order chi connectivity index (χ0) is 13.7. The van der Waals surface area contributed by atoms with Crippen molar-refractivity contribution in [2.75, 3.05) is 26.4 Å². The molecule has 0 aliphatic carbocycles. The molecule has 0 radical (unpaired) electrons. The van der Waals surface area contributed by atoms with Crippen LogP contribution in [0.5, 0.6) is 11.5 Å². The number of hydrogen-bond donors (Lipinski definition) is 0. The zero-order valence-corrected chi connectivity index (χ0v) is 11.6. The van der Waals surface area contributed by atoms with Gasteiger partial charge in [-0.15, -0.1) is 24.8 Å². The molecule has 3 nitrogen and oxygen atoms in total. The van der Waals surface area contributed by atoms with Gasteiger partial charge in [0, 0.05) is 19.6 Å². The van der Waals surface area contributed by atoms with E-state index in [9.17, 15) is 0 Å². The number of nitrogens with zero attached hydrogens (tertiary/aromatic N) is 1. The summed E-state index contributed by atoms with van der Waals surface area (Å²) in [4.78, 5) is 2.18. The molecule has 1 atom stereocenters. The lowest BCUT2D eigenvalue weighted by atomic mass is 10.1. The fourth-order valence-electron chi connectivity index (χ4n) is 2.03. The van der Waals surface area contributed by atoms with Crippen molar-refractivity contribution >= 4 is 11.6 Å². The third kappa shape index (κ3) is 3.52. The molecule has 1 aromatic carbocycles. The summed E-state index contributed by atoms with van der Waals surface area (Å²) in [6, 6.07) is 5.82. The van der Waals surface area contributed by atoms with Crippen LogP contribution in [0, 0.1) is 0 Å². The first-order valence-corrected chi connectivity index (χ1v) is 6.66. The molecule has 19 heavy (non-hydrogen) atoms. The molecule has 0 saturated heterocycles. The summed E-state index contributed by atoms with van der Waals surface area (Å²) in [5, 5.41) is -0.102. The van der Waals surface area contributed by atoms with Gasteiger partial charge in [0.15, 0.2) is 11.5 Å². The number of alkyl halides is 1. The lowest BCUT2D eigenvalue weighted by Gasteiger charge is -2.22. The maximum atomic E-state index is 6.47. The van der Waals surface area contributed by atoms with Crippen molar-refractivity contribution in [2.45, 2.75) is 5.38 Å². The standard InChI is InChI=1S/C15H18ClNO2/c1-3-7-17(8-4-2)10-13(16)12-5-6-14-15(9-12)19-11-18-14/h3-6,9,13H,1-2,7-8,10-11H2. The van der Waals surface area contributed by atoms with E-state index in [-0.39, 0.29) is 12.2 Å². The Morgan fingerprint density at radius 3 is 2.58 bits per heavy atom. The van der Waals surface area contributed by atoms with Crippen molar-refractivity contribution in [2.24, 2.45) is 0 Å². The molecule has 2 rings (SSSR count). The average Bonchev–Trinajstić information content (AvgIpc) is 2.86. The molecule has 0 saturated carbocycles. The Morgan fingerprint density at radius 2 is 1.89 bits per heavy atom. The predicted octanol–water partition coefficient (Wildman–Crippen LogP) is 3.37. The number of hydrogen-bond acceptors (Lipinski definition) is 3. The molecule has 102 valence electrons. The van der Waals surface area contributed by atoms with E-state index in [1.165, 1.54) is 0 Å². The molecule has 1 aromatic rings. The number of rotatable bonds is 7. The smallest absolute Gasteiger partial charge is 0.231 e.